The fourth-order valence-corrected chi connectivity index (χ4v) is 1.13. The van der Waals surface area contributed by atoms with E-state index in [0.29, 0.717) is 6.61 Å². The molecule has 0 aliphatic heterocycles. The van der Waals surface area contributed by atoms with E-state index >= 15 is 0 Å². The molecule has 0 unspecified atom stereocenters. The Balaban J connectivity index is 2.55. The molecule has 12 heavy (non-hydrogen) atoms. The minimum Gasteiger partial charge on any atom is -0.481 e. The molecule has 0 aliphatic carbocycles. The molecule has 1 aromatic carbocycles. The maximum absolute atomic E-state index is 5.32. The number of hydrogen-bond donors (Lipinski definition) is 0. The van der Waals surface area contributed by atoms with Crippen molar-refractivity contribution in [2.24, 2.45) is 0 Å². The molecule has 0 fully saturated rings. The molecule has 0 atom stereocenters. The zero-order valence-electron chi connectivity index (χ0n) is 6.80. The van der Waals surface area contributed by atoms with E-state index < -0.39 is 0 Å². The van der Waals surface area contributed by atoms with E-state index in [-0.39, 0.29) is 0 Å². The van der Waals surface area contributed by atoms with Crippen molar-refractivity contribution < 1.29 is 4.74 Å². The first-order valence-electron chi connectivity index (χ1n) is 3.61. The van der Waals surface area contributed by atoms with Gasteiger partial charge in [0.2, 0.25) is 0 Å². The van der Waals surface area contributed by atoms with Gasteiger partial charge in [0.25, 0.3) is 0 Å². The smallest absolute Gasteiger partial charge is 0.149 e. The van der Waals surface area contributed by atoms with Gasteiger partial charge in [-0.1, -0.05) is 27.9 Å². The second-order valence-corrected chi connectivity index (χ2v) is 3.09. The molecule has 1 nitrogen and oxygen atoms in total. The molecule has 0 radical (unpaired) electrons. The van der Waals surface area contributed by atoms with Gasteiger partial charge in [-0.05, 0) is 25.1 Å². The lowest BCUT2D eigenvalue weighted by Crippen LogP contribution is -1.92. The number of ether oxygens (including phenoxy) is 1. The Kier molecular flexibility index (Phi) is 3.69. The highest BCUT2D eigenvalue weighted by atomic mass is 79.9. The zero-order chi connectivity index (χ0) is 8.81. The average Bonchev–Trinajstić information content (AvgIpc) is 2.05. The van der Waals surface area contributed by atoms with Crippen molar-refractivity contribution in [3.05, 3.63) is 28.7 Å². The predicted octanol–water partition coefficient (Wildman–Crippen LogP) is 2.85. The summed E-state index contributed by atoms with van der Waals surface area (Å²) in [5.41, 5.74) is 0. The number of halogens is 1. The van der Waals surface area contributed by atoms with E-state index in [1.807, 2.05) is 24.3 Å². The summed E-state index contributed by atoms with van der Waals surface area (Å²) in [7, 11) is 0. The van der Waals surface area contributed by atoms with Crippen LogP contribution in [0.1, 0.15) is 6.92 Å². The third-order valence-electron chi connectivity index (χ3n) is 1.28. The molecule has 0 aromatic heterocycles. The molecule has 2 heteroatoms. The van der Waals surface area contributed by atoms with Crippen LogP contribution in [0.5, 0.6) is 5.75 Å². The first kappa shape index (κ1) is 9.15. The summed E-state index contributed by atoms with van der Waals surface area (Å²) in [5.74, 6) is 6.43. The maximum Gasteiger partial charge on any atom is 0.149 e. The van der Waals surface area contributed by atoms with Crippen LogP contribution in [0.15, 0.2) is 28.7 Å². The monoisotopic (exact) mass is 224 g/mol. The Morgan fingerprint density at radius 2 is 2.33 bits per heavy atom. The van der Waals surface area contributed by atoms with E-state index in [4.69, 9.17) is 4.74 Å². The highest BCUT2D eigenvalue weighted by molar-refractivity contribution is 9.10. The molecule has 1 aromatic rings. The largest absolute Gasteiger partial charge is 0.481 e. The van der Waals surface area contributed by atoms with E-state index in [2.05, 4.69) is 27.8 Å². The van der Waals surface area contributed by atoms with Crippen molar-refractivity contribution in [2.75, 3.05) is 6.61 Å². The van der Waals surface area contributed by atoms with Crippen LogP contribution < -0.4 is 4.74 Å². The summed E-state index contributed by atoms with van der Waals surface area (Å²) in [5, 5.41) is 0. The molecule has 0 amide bonds. The lowest BCUT2D eigenvalue weighted by atomic mass is 10.3. The van der Waals surface area contributed by atoms with E-state index in [1.54, 1.807) is 6.92 Å². The summed E-state index contributed by atoms with van der Waals surface area (Å²) in [6, 6.07) is 7.70. The standard InChI is InChI=1S/C10H9BrO/c1-2-3-7-12-10-6-4-5-9(11)8-10/h4-6,8H,7H2,1H3. The SMILES string of the molecule is CC#CCOc1cccc(Br)c1. The summed E-state index contributed by atoms with van der Waals surface area (Å²) in [6.45, 7) is 2.25. The Hall–Kier alpha value is -0.940. The minimum absolute atomic E-state index is 0.451. The van der Waals surface area contributed by atoms with Gasteiger partial charge in [0, 0.05) is 4.47 Å². The normalized spacial score (nSPS) is 8.50. The van der Waals surface area contributed by atoms with E-state index in [0.717, 1.165) is 10.2 Å². The summed E-state index contributed by atoms with van der Waals surface area (Å²) in [6.07, 6.45) is 0. The van der Waals surface area contributed by atoms with Crippen LogP contribution in [0.25, 0.3) is 0 Å². The van der Waals surface area contributed by atoms with Crippen LogP contribution in [-0.4, -0.2) is 6.61 Å². The van der Waals surface area contributed by atoms with Crippen LogP contribution in [-0.2, 0) is 0 Å². The molecule has 0 N–H and O–H groups in total. The molecule has 0 aliphatic rings. The van der Waals surface area contributed by atoms with E-state index in [1.165, 1.54) is 0 Å². The van der Waals surface area contributed by atoms with Crippen LogP contribution >= 0.6 is 15.9 Å². The number of hydrogen-bond acceptors (Lipinski definition) is 1. The fraction of sp³-hybridized carbons (Fsp3) is 0.200. The van der Waals surface area contributed by atoms with Gasteiger partial charge in [-0.15, -0.1) is 5.92 Å². The quantitative estimate of drug-likeness (QED) is 0.703. The first-order chi connectivity index (χ1) is 5.83. The number of rotatable bonds is 2. The lowest BCUT2D eigenvalue weighted by molar-refractivity contribution is 0.370. The van der Waals surface area contributed by atoms with Crippen molar-refractivity contribution in [2.45, 2.75) is 6.92 Å². The third-order valence-corrected chi connectivity index (χ3v) is 1.78. The van der Waals surface area contributed by atoms with Gasteiger partial charge in [0.1, 0.15) is 12.4 Å². The molecule has 0 saturated heterocycles. The molecule has 0 saturated carbocycles. The van der Waals surface area contributed by atoms with Crippen molar-refractivity contribution in [1.82, 2.24) is 0 Å². The second kappa shape index (κ2) is 4.84. The molecule has 0 heterocycles. The number of benzene rings is 1. The van der Waals surface area contributed by atoms with Crippen molar-refractivity contribution in [1.29, 1.82) is 0 Å². The van der Waals surface area contributed by atoms with Crippen LogP contribution in [0.2, 0.25) is 0 Å². The Bertz CT molecular complexity index is 309. The third kappa shape index (κ3) is 2.98. The van der Waals surface area contributed by atoms with Gasteiger partial charge in [0.05, 0.1) is 0 Å². The molecule has 0 bridgehead atoms. The van der Waals surface area contributed by atoms with Gasteiger partial charge < -0.3 is 4.74 Å². The summed E-state index contributed by atoms with van der Waals surface area (Å²) >= 11 is 3.36. The van der Waals surface area contributed by atoms with Gasteiger partial charge in [-0.25, -0.2) is 0 Å². The van der Waals surface area contributed by atoms with Crippen molar-refractivity contribution >= 4 is 15.9 Å². The highest BCUT2D eigenvalue weighted by Crippen LogP contribution is 2.17. The summed E-state index contributed by atoms with van der Waals surface area (Å²) < 4.78 is 6.34. The zero-order valence-corrected chi connectivity index (χ0v) is 8.39. The Labute approximate surface area is 80.9 Å². The van der Waals surface area contributed by atoms with E-state index in [9.17, 15) is 0 Å². The Morgan fingerprint density at radius 1 is 1.50 bits per heavy atom. The fourth-order valence-electron chi connectivity index (χ4n) is 0.748. The minimum atomic E-state index is 0.451. The average molecular weight is 225 g/mol. The predicted molar refractivity (Wildman–Crippen MR) is 53.1 cm³/mol. The molecular weight excluding hydrogens is 216 g/mol. The van der Waals surface area contributed by atoms with Crippen molar-refractivity contribution in [3.8, 4) is 17.6 Å². The molecular formula is C10H9BrO. The molecule has 0 spiro atoms. The van der Waals surface area contributed by atoms with Crippen LogP contribution in [0.4, 0.5) is 0 Å². The van der Waals surface area contributed by atoms with Crippen molar-refractivity contribution in [3.63, 3.8) is 0 Å². The molecule has 1 rings (SSSR count). The van der Waals surface area contributed by atoms with Gasteiger partial charge in [-0.3, -0.25) is 0 Å². The maximum atomic E-state index is 5.32. The van der Waals surface area contributed by atoms with Crippen LogP contribution in [0.3, 0.4) is 0 Å². The summed E-state index contributed by atoms with van der Waals surface area (Å²) in [4.78, 5) is 0. The first-order valence-corrected chi connectivity index (χ1v) is 4.40. The highest BCUT2D eigenvalue weighted by Gasteiger charge is 1.91. The second-order valence-electron chi connectivity index (χ2n) is 2.17. The van der Waals surface area contributed by atoms with Crippen LogP contribution in [0, 0.1) is 11.8 Å². The topological polar surface area (TPSA) is 9.23 Å². The van der Waals surface area contributed by atoms with Gasteiger partial charge in [-0.2, -0.15) is 0 Å². The lowest BCUT2D eigenvalue weighted by Gasteiger charge is -2.00. The molecule has 62 valence electrons. The Morgan fingerprint density at radius 3 is 3.00 bits per heavy atom. The van der Waals surface area contributed by atoms with Gasteiger partial charge in [0.15, 0.2) is 0 Å². The van der Waals surface area contributed by atoms with Gasteiger partial charge >= 0.3 is 0 Å².